The Morgan fingerprint density at radius 1 is 0.706 bits per heavy atom. The number of halogens is 6. The largest absolute Gasteiger partial charge is 0.433 e. The Morgan fingerprint density at radius 2 is 1.44 bits per heavy atom. The van der Waals surface area contributed by atoms with Crippen molar-refractivity contribution in [3.05, 3.63) is 66.2 Å². The van der Waals surface area contributed by atoms with Crippen LogP contribution in [0.1, 0.15) is 11.4 Å². The highest BCUT2D eigenvalue weighted by molar-refractivity contribution is 5.70. The summed E-state index contributed by atoms with van der Waals surface area (Å²) in [5.74, 6) is -0.595. The number of hydrogen-bond donors (Lipinski definition) is 2. The molecule has 0 fully saturated rings. The zero-order chi connectivity index (χ0) is 24.5. The highest BCUT2D eigenvalue weighted by atomic mass is 19.4. The van der Waals surface area contributed by atoms with Gasteiger partial charge in [-0.3, -0.25) is 4.98 Å². The van der Waals surface area contributed by atoms with Crippen molar-refractivity contribution < 1.29 is 26.3 Å². The lowest BCUT2D eigenvalue weighted by Crippen LogP contribution is -2.10. The second-order valence-corrected chi connectivity index (χ2v) is 6.70. The molecule has 8 nitrogen and oxygen atoms in total. The Bertz CT molecular complexity index is 1340. The number of anilines is 3. The van der Waals surface area contributed by atoms with E-state index in [-0.39, 0.29) is 40.4 Å². The summed E-state index contributed by atoms with van der Waals surface area (Å²) in [6.45, 7) is 0. The van der Waals surface area contributed by atoms with Gasteiger partial charge in [0.25, 0.3) is 0 Å². The molecule has 4 aromatic rings. The molecule has 0 atom stereocenters. The molecule has 0 radical (unpaired) electrons. The van der Waals surface area contributed by atoms with Gasteiger partial charge in [0.15, 0.2) is 11.6 Å². The van der Waals surface area contributed by atoms with Gasteiger partial charge in [0.1, 0.15) is 22.9 Å². The van der Waals surface area contributed by atoms with Gasteiger partial charge in [0, 0.05) is 18.1 Å². The van der Waals surface area contributed by atoms with Crippen LogP contribution in [0.3, 0.4) is 0 Å². The predicted octanol–water partition coefficient (Wildman–Crippen LogP) is 4.75. The summed E-state index contributed by atoms with van der Waals surface area (Å²) >= 11 is 0. The van der Waals surface area contributed by atoms with Crippen molar-refractivity contribution in [2.75, 3.05) is 11.1 Å². The number of rotatable bonds is 4. The number of alkyl halides is 6. The standard InChI is InChI=1S/C20H12F6N8/c21-19(22,23)13-5-1-4-12(31-13)17-32-16(11-3-2-7-29-15(11)27)33-18(34-17)30-10-6-8-28-14(9-10)20(24,25)26/h1-9H,(H2,27,29)(H,28,30,32,33,34). The molecule has 3 N–H and O–H groups in total. The van der Waals surface area contributed by atoms with Crippen molar-refractivity contribution in [2.24, 2.45) is 0 Å². The predicted molar refractivity (Wildman–Crippen MR) is 108 cm³/mol. The van der Waals surface area contributed by atoms with Gasteiger partial charge >= 0.3 is 12.4 Å². The zero-order valence-corrected chi connectivity index (χ0v) is 16.7. The van der Waals surface area contributed by atoms with Gasteiger partial charge in [-0.2, -0.15) is 36.3 Å². The van der Waals surface area contributed by atoms with Crippen molar-refractivity contribution in [3.8, 4) is 22.9 Å². The first kappa shape index (κ1) is 22.8. The molecule has 4 heterocycles. The third-order valence-electron chi connectivity index (χ3n) is 4.29. The molecule has 4 rings (SSSR count). The first-order valence-corrected chi connectivity index (χ1v) is 9.32. The highest BCUT2D eigenvalue weighted by Crippen LogP contribution is 2.31. The number of nitrogens with zero attached hydrogens (tertiary/aromatic N) is 6. The fourth-order valence-corrected chi connectivity index (χ4v) is 2.78. The second kappa shape index (κ2) is 8.53. The summed E-state index contributed by atoms with van der Waals surface area (Å²) in [4.78, 5) is 23.1. The molecule has 34 heavy (non-hydrogen) atoms. The molecule has 4 aromatic heterocycles. The van der Waals surface area contributed by atoms with E-state index < -0.39 is 23.7 Å². The summed E-state index contributed by atoms with van der Waals surface area (Å²) in [6.07, 6.45) is -7.07. The average molecular weight is 478 g/mol. The maximum Gasteiger partial charge on any atom is 0.433 e. The Labute approximate surface area is 187 Å². The molecule has 0 aromatic carbocycles. The molecule has 174 valence electrons. The lowest BCUT2D eigenvalue weighted by atomic mass is 10.2. The molecule has 0 aliphatic rings. The van der Waals surface area contributed by atoms with E-state index in [9.17, 15) is 26.3 Å². The van der Waals surface area contributed by atoms with E-state index in [0.717, 1.165) is 24.4 Å². The van der Waals surface area contributed by atoms with Crippen LogP contribution >= 0.6 is 0 Å². The Hall–Kier alpha value is -4.36. The van der Waals surface area contributed by atoms with Gasteiger partial charge in [-0.1, -0.05) is 6.07 Å². The fraction of sp³-hybridized carbons (Fsp3) is 0.100. The molecular weight excluding hydrogens is 466 g/mol. The third kappa shape index (κ3) is 5.00. The Morgan fingerprint density at radius 3 is 2.15 bits per heavy atom. The first-order chi connectivity index (χ1) is 16.0. The number of nitrogens with one attached hydrogen (secondary N) is 1. The molecule has 0 aliphatic heterocycles. The first-order valence-electron chi connectivity index (χ1n) is 9.32. The Balaban J connectivity index is 1.83. The van der Waals surface area contributed by atoms with Crippen LogP contribution in [-0.4, -0.2) is 29.9 Å². The lowest BCUT2D eigenvalue weighted by Gasteiger charge is -2.12. The second-order valence-electron chi connectivity index (χ2n) is 6.70. The van der Waals surface area contributed by atoms with E-state index in [1.807, 2.05) is 0 Å². The molecule has 0 saturated heterocycles. The topological polar surface area (TPSA) is 115 Å². The van der Waals surface area contributed by atoms with Crippen LogP contribution < -0.4 is 11.1 Å². The van der Waals surface area contributed by atoms with Gasteiger partial charge in [-0.25, -0.2) is 15.0 Å². The summed E-state index contributed by atoms with van der Waals surface area (Å²) < 4.78 is 78.4. The van der Waals surface area contributed by atoms with Crippen LogP contribution in [0.5, 0.6) is 0 Å². The van der Waals surface area contributed by atoms with Gasteiger partial charge in [-0.05, 0) is 36.4 Å². The smallest absolute Gasteiger partial charge is 0.383 e. The molecular formula is C20H12F6N8. The lowest BCUT2D eigenvalue weighted by molar-refractivity contribution is -0.141. The van der Waals surface area contributed by atoms with Gasteiger partial charge in [0.05, 0.1) is 5.56 Å². The fourth-order valence-electron chi connectivity index (χ4n) is 2.78. The highest BCUT2D eigenvalue weighted by Gasteiger charge is 2.33. The Kier molecular flexibility index (Phi) is 5.73. The van der Waals surface area contributed by atoms with E-state index in [0.29, 0.717) is 0 Å². The molecule has 0 amide bonds. The minimum absolute atomic E-state index is 0.0193. The van der Waals surface area contributed by atoms with Gasteiger partial charge < -0.3 is 11.1 Å². The van der Waals surface area contributed by atoms with Crippen LogP contribution in [-0.2, 0) is 12.4 Å². The molecule has 0 saturated carbocycles. The van der Waals surface area contributed by atoms with Gasteiger partial charge in [0.2, 0.25) is 5.95 Å². The molecule has 14 heteroatoms. The van der Waals surface area contributed by atoms with Crippen LogP contribution in [0.4, 0.5) is 43.8 Å². The van der Waals surface area contributed by atoms with E-state index in [4.69, 9.17) is 5.73 Å². The molecule has 0 aliphatic carbocycles. The molecule has 0 unspecified atom stereocenters. The van der Waals surface area contributed by atoms with Crippen molar-refractivity contribution in [3.63, 3.8) is 0 Å². The summed E-state index contributed by atoms with van der Waals surface area (Å²) in [7, 11) is 0. The minimum atomic E-state index is -4.72. The van der Waals surface area contributed by atoms with Crippen molar-refractivity contribution in [2.45, 2.75) is 12.4 Å². The summed E-state index contributed by atoms with van der Waals surface area (Å²) in [5, 5.41) is 2.59. The van der Waals surface area contributed by atoms with Crippen LogP contribution in [0.25, 0.3) is 22.9 Å². The summed E-state index contributed by atoms with van der Waals surface area (Å²) in [5.41, 5.74) is 3.44. The minimum Gasteiger partial charge on any atom is -0.383 e. The number of nitrogen functional groups attached to an aromatic ring is 1. The SMILES string of the molecule is Nc1ncccc1-c1nc(Nc2ccnc(C(F)(F)F)c2)nc(-c2cccc(C(F)(F)F)n2)n1. The van der Waals surface area contributed by atoms with E-state index in [1.165, 1.54) is 30.5 Å². The third-order valence-corrected chi connectivity index (χ3v) is 4.29. The quantitative estimate of drug-likeness (QED) is 0.404. The average Bonchev–Trinajstić information content (AvgIpc) is 2.78. The normalized spacial score (nSPS) is 11.9. The number of pyridine rings is 3. The monoisotopic (exact) mass is 478 g/mol. The molecule has 0 spiro atoms. The van der Waals surface area contributed by atoms with Crippen LogP contribution in [0, 0.1) is 0 Å². The van der Waals surface area contributed by atoms with Crippen molar-refractivity contribution >= 4 is 17.5 Å². The van der Waals surface area contributed by atoms with Crippen LogP contribution in [0.2, 0.25) is 0 Å². The number of hydrogen-bond acceptors (Lipinski definition) is 8. The van der Waals surface area contributed by atoms with Crippen molar-refractivity contribution in [1.29, 1.82) is 0 Å². The van der Waals surface area contributed by atoms with Gasteiger partial charge in [-0.15, -0.1) is 0 Å². The number of nitrogens with two attached hydrogens (primary N) is 1. The van der Waals surface area contributed by atoms with Crippen LogP contribution in [0.15, 0.2) is 54.9 Å². The maximum absolute atomic E-state index is 13.1. The van der Waals surface area contributed by atoms with E-state index >= 15 is 0 Å². The van der Waals surface area contributed by atoms with Crippen molar-refractivity contribution in [1.82, 2.24) is 29.9 Å². The maximum atomic E-state index is 13.1. The van der Waals surface area contributed by atoms with E-state index in [2.05, 4.69) is 35.2 Å². The number of aromatic nitrogens is 6. The molecule has 0 bridgehead atoms. The summed E-state index contributed by atoms with van der Waals surface area (Å²) in [6, 6.07) is 8.16. The zero-order valence-electron chi connectivity index (χ0n) is 16.7. The van der Waals surface area contributed by atoms with E-state index in [1.54, 1.807) is 0 Å².